The number of benzene rings is 1. The second-order valence-corrected chi connectivity index (χ2v) is 7.33. The third-order valence-electron chi connectivity index (χ3n) is 5.24. The second kappa shape index (κ2) is 8.58. The summed E-state index contributed by atoms with van der Waals surface area (Å²) in [4.78, 5) is 22.2. The first-order valence-corrected chi connectivity index (χ1v) is 9.74. The van der Waals surface area contributed by atoms with Crippen LogP contribution >= 0.6 is 0 Å². The molecule has 2 aromatic heterocycles. The summed E-state index contributed by atoms with van der Waals surface area (Å²) in [7, 11) is 3.44. The van der Waals surface area contributed by atoms with Gasteiger partial charge in [-0.05, 0) is 45.1 Å². The van der Waals surface area contributed by atoms with Crippen LogP contribution in [0.5, 0.6) is 0 Å². The fourth-order valence-corrected chi connectivity index (χ4v) is 3.50. The summed E-state index contributed by atoms with van der Waals surface area (Å²) in [5.74, 6) is -0.728. The molecule has 9 heteroatoms. The van der Waals surface area contributed by atoms with Gasteiger partial charge in [-0.25, -0.2) is 19.2 Å². The zero-order valence-corrected chi connectivity index (χ0v) is 16.9. The van der Waals surface area contributed by atoms with E-state index in [0.29, 0.717) is 17.2 Å². The molecule has 0 atom stereocenters. The molecular formula is C21H23FN6O2. The molecule has 8 nitrogen and oxygen atoms in total. The van der Waals surface area contributed by atoms with Gasteiger partial charge >= 0.3 is 5.97 Å². The van der Waals surface area contributed by atoms with Crippen LogP contribution in [0.15, 0.2) is 42.9 Å². The number of nitrogens with one attached hydrogen (secondary N) is 1. The minimum absolute atomic E-state index is 0.145. The lowest BCUT2D eigenvalue weighted by Crippen LogP contribution is -2.31. The number of piperidine rings is 1. The molecular weight excluding hydrogens is 387 g/mol. The Balaban J connectivity index is 1.50. The van der Waals surface area contributed by atoms with Gasteiger partial charge in [-0.1, -0.05) is 12.1 Å². The maximum absolute atomic E-state index is 14.3. The molecule has 156 valence electrons. The van der Waals surface area contributed by atoms with Gasteiger partial charge in [0.2, 0.25) is 5.95 Å². The number of halogens is 1. The molecule has 1 aliphatic heterocycles. The summed E-state index contributed by atoms with van der Waals surface area (Å²) in [6.07, 6.45) is 6.87. The SMILES string of the molecule is COC(=O)c1ccc(-c2nc(Nc3cnn(C4CCN(C)CC4)c3)ncc2F)cc1. The molecule has 1 N–H and O–H groups in total. The highest BCUT2D eigenvalue weighted by molar-refractivity contribution is 5.89. The third kappa shape index (κ3) is 4.30. The van der Waals surface area contributed by atoms with Crippen LogP contribution in [0.1, 0.15) is 29.2 Å². The highest BCUT2D eigenvalue weighted by atomic mass is 19.1. The summed E-state index contributed by atoms with van der Waals surface area (Å²) >= 11 is 0. The van der Waals surface area contributed by atoms with E-state index < -0.39 is 11.8 Å². The van der Waals surface area contributed by atoms with Gasteiger partial charge in [0.25, 0.3) is 0 Å². The monoisotopic (exact) mass is 410 g/mol. The number of ether oxygens (including phenoxy) is 1. The average molecular weight is 410 g/mol. The maximum Gasteiger partial charge on any atom is 0.337 e. The largest absolute Gasteiger partial charge is 0.465 e. The van der Waals surface area contributed by atoms with Crippen molar-refractivity contribution in [1.29, 1.82) is 0 Å². The van der Waals surface area contributed by atoms with Crippen molar-refractivity contribution in [3.63, 3.8) is 0 Å². The van der Waals surface area contributed by atoms with Gasteiger partial charge < -0.3 is 15.0 Å². The van der Waals surface area contributed by atoms with Gasteiger partial charge in [-0.15, -0.1) is 0 Å². The van der Waals surface area contributed by atoms with Gasteiger partial charge in [-0.2, -0.15) is 5.10 Å². The molecule has 0 amide bonds. The predicted molar refractivity (Wildman–Crippen MR) is 110 cm³/mol. The lowest BCUT2D eigenvalue weighted by molar-refractivity contribution is 0.0601. The number of aromatic nitrogens is 4. The minimum atomic E-state index is -0.548. The molecule has 0 radical (unpaired) electrons. The van der Waals surface area contributed by atoms with E-state index in [1.54, 1.807) is 30.5 Å². The van der Waals surface area contributed by atoms with E-state index >= 15 is 0 Å². The van der Waals surface area contributed by atoms with E-state index in [1.807, 2.05) is 10.9 Å². The van der Waals surface area contributed by atoms with E-state index in [-0.39, 0.29) is 11.6 Å². The average Bonchev–Trinajstić information content (AvgIpc) is 3.23. The number of nitrogens with zero attached hydrogens (tertiary/aromatic N) is 5. The van der Waals surface area contributed by atoms with Crippen LogP contribution in [0.2, 0.25) is 0 Å². The molecule has 0 saturated carbocycles. The van der Waals surface area contributed by atoms with Gasteiger partial charge in [0.1, 0.15) is 5.69 Å². The Kier molecular flexibility index (Phi) is 5.71. The van der Waals surface area contributed by atoms with Gasteiger partial charge in [0.15, 0.2) is 5.82 Å². The van der Waals surface area contributed by atoms with Crippen LogP contribution in [0.25, 0.3) is 11.3 Å². The lowest BCUT2D eigenvalue weighted by atomic mass is 10.1. The summed E-state index contributed by atoms with van der Waals surface area (Å²) in [5, 5.41) is 7.55. The zero-order chi connectivity index (χ0) is 21.1. The van der Waals surface area contributed by atoms with Crippen LogP contribution in [0.3, 0.4) is 0 Å². The first kappa shape index (κ1) is 20.0. The number of carbonyl (C=O) groups is 1. The Morgan fingerprint density at radius 3 is 2.63 bits per heavy atom. The van der Waals surface area contributed by atoms with Crippen LogP contribution in [0, 0.1) is 5.82 Å². The number of esters is 1. The summed E-state index contributed by atoms with van der Waals surface area (Å²) < 4.78 is 21.0. The van der Waals surface area contributed by atoms with Crippen molar-refractivity contribution >= 4 is 17.6 Å². The first-order valence-electron chi connectivity index (χ1n) is 9.74. The Hall–Kier alpha value is -3.33. The van der Waals surface area contributed by atoms with E-state index in [2.05, 4.69) is 37.1 Å². The van der Waals surface area contributed by atoms with Gasteiger partial charge in [0, 0.05) is 11.8 Å². The Morgan fingerprint density at radius 2 is 1.93 bits per heavy atom. The highest BCUT2D eigenvalue weighted by Crippen LogP contribution is 2.25. The van der Waals surface area contributed by atoms with Crippen LogP contribution in [0.4, 0.5) is 16.0 Å². The molecule has 3 heterocycles. The lowest BCUT2D eigenvalue weighted by Gasteiger charge is -2.28. The highest BCUT2D eigenvalue weighted by Gasteiger charge is 2.19. The van der Waals surface area contributed by atoms with E-state index in [1.165, 1.54) is 7.11 Å². The van der Waals surface area contributed by atoms with Crippen LogP contribution < -0.4 is 5.32 Å². The Labute approximate surface area is 173 Å². The summed E-state index contributed by atoms with van der Waals surface area (Å²) in [6.45, 7) is 2.10. The number of carbonyl (C=O) groups excluding carboxylic acids is 1. The molecule has 0 aliphatic carbocycles. The number of likely N-dealkylation sites (tertiary alicyclic amines) is 1. The Morgan fingerprint density at radius 1 is 1.20 bits per heavy atom. The predicted octanol–water partition coefficient (Wildman–Crippen LogP) is 3.28. The molecule has 0 bridgehead atoms. The number of hydrogen-bond donors (Lipinski definition) is 1. The standard InChI is InChI=1S/C21H23FN6O2/c1-27-9-7-17(8-10-27)28-13-16(11-24-28)25-21-23-12-18(22)19(26-21)14-3-5-15(6-4-14)20(29)30-2/h3-6,11-13,17H,7-10H2,1-2H3,(H,23,25,26). The maximum atomic E-state index is 14.3. The quantitative estimate of drug-likeness (QED) is 0.646. The van der Waals surface area contributed by atoms with E-state index in [9.17, 15) is 9.18 Å². The molecule has 0 unspecified atom stereocenters. The fourth-order valence-electron chi connectivity index (χ4n) is 3.50. The molecule has 1 aromatic carbocycles. The van der Waals surface area contributed by atoms with Crippen molar-refractivity contribution < 1.29 is 13.9 Å². The molecule has 3 aromatic rings. The number of rotatable bonds is 5. The van der Waals surface area contributed by atoms with Crippen molar-refractivity contribution in [2.24, 2.45) is 0 Å². The topological polar surface area (TPSA) is 85.2 Å². The number of hydrogen-bond acceptors (Lipinski definition) is 7. The van der Waals surface area contributed by atoms with Crippen LogP contribution in [-0.4, -0.2) is 57.9 Å². The smallest absolute Gasteiger partial charge is 0.337 e. The van der Waals surface area contributed by atoms with Crippen molar-refractivity contribution in [2.45, 2.75) is 18.9 Å². The molecule has 30 heavy (non-hydrogen) atoms. The van der Waals surface area contributed by atoms with Gasteiger partial charge in [-0.3, -0.25) is 4.68 Å². The van der Waals surface area contributed by atoms with Crippen molar-refractivity contribution in [2.75, 3.05) is 32.6 Å². The summed E-state index contributed by atoms with van der Waals surface area (Å²) in [5.41, 5.74) is 1.81. The van der Waals surface area contributed by atoms with Crippen molar-refractivity contribution in [3.8, 4) is 11.3 Å². The Bertz CT molecular complexity index is 1030. The normalized spacial score (nSPS) is 15.2. The molecule has 0 spiro atoms. The molecule has 4 rings (SSSR count). The molecule has 1 fully saturated rings. The third-order valence-corrected chi connectivity index (χ3v) is 5.24. The van der Waals surface area contributed by atoms with Crippen molar-refractivity contribution in [1.82, 2.24) is 24.6 Å². The van der Waals surface area contributed by atoms with Gasteiger partial charge in [0.05, 0.1) is 36.8 Å². The van der Waals surface area contributed by atoms with E-state index in [0.717, 1.165) is 37.8 Å². The second-order valence-electron chi connectivity index (χ2n) is 7.33. The molecule has 1 saturated heterocycles. The minimum Gasteiger partial charge on any atom is -0.465 e. The van der Waals surface area contributed by atoms with Crippen molar-refractivity contribution in [3.05, 3.63) is 54.2 Å². The van der Waals surface area contributed by atoms with E-state index in [4.69, 9.17) is 0 Å². The molecule has 1 aliphatic rings. The zero-order valence-electron chi connectivity index (χ0n) is 16.9. The summed E-state index contributed by atoms with van der Waals surface area (Å²) in [6, 6.07) is 6.76. The number of methoxy groups -OCH3 is 1. The fraction of sp³-hybridized carbons (Fsp3) is 0.333. The van der Waals surface area contributed by atoms with Crippen LogP contribution in [-0.2, 0) is 4.74 Å². The first-order chi connectivity index (χ1) is 14.5. The number of anilines is 2.